The zero-order valence-corrected chi connectivity index (χ0v) is 15.4. The molecule has 0 saturated carbocycles. The largest absolute Gasteiger partial charge is 0.354 e. The molecule has 0 spiro atoms. The topological polar surface area (TPSA) is 15.8 Å². The fourth-order valence-electron chi connectivity index (χ4n) is 3.26. The third kappa shape index (κ3) is 3.48. The van der Waals surface area contributed by atoms with E-state index in [1.54, 1.807) is 0 Å². The molecule has 0 fully saturated rings. The molecule has 0 unspecified atom stereocenters. The molecule has 0 aliphatic heterocycles. The Kier molecular flexibility index (Phi) is 5.40. The molecule has 3 aromatic rings. The van der Waals surface area contributed by atoms with Crippen LogP contribution in [-0.2, 0) is 6.42 Å². The van der Waals surface area contributed by atoms with Gasteiger partial charge in [-0.2, -0.15) is 0 Å². The molecule has 1 N–H and O–H groups in total. The molecule has 1 heterocycles. The van der Waals surface area contributed by atoms with E-state index in [2.05, 4.69) is 70.9 Å². The molecule has 0 amide bonds. The molecule has 22 heavy (non-hydrogen) atoms. The summed E-state index contributed by atoms with van der Waals surface area (Å²) in [6, 6.07) is 13.4. The Morgan fingerprint density at radius 3 is 2.59 bits per heavy atom. The van der Waals surface area contributed by atoms with Crippen LogP contribution in [0.2, 0.25) is 0 Å². The Bertz CT molecular complexity index is 757. The van der Waals surface area contributed by atoms with Gasteiger partial charge in [-0.15, -0.1) is 0 Å². The van der Waals surface area contributed by atoms with Gasteiger partial charge in [-0.05, 0) is 59.2 Å². The lowest BCUT2D eigenvalue weighted by atomic mass is 10.0. The number of benzene rings is 2. The van der Waals surface area contributed by atoms with E-state index >= 15 is 0 Å². The van der Waals surface area contributed by atoms with Crippen molar-refractivity contribution in [3.05, 3.63) is 45.5 Å². The van der Waals surface area contributed by atoms with Gasteiger partial charge in [-0.1, -0.05) is 57.2 Å². The second-order valence-electron chi connectivity index (χ2n) is 6.17. The van der Waals surface area contributed by atoms with Crippen LogP contribution in [0.25, 0.3) is 21.8 Å². The highest BCUT2D eigenvalue weighted by atomic mass is 127. The summed E-state index contributed by atoms with van der Waals surface area (Å²) in [4.78, 5) is 3.63. The smallest absolute Gasteiger partial charge is 0.0497 e. The van der Waals surface area contributed by atoms with Gasteiger partial charge in [0.2, 0.25) is 0 Å². The number of rotatable bonds is 7. The quantitative estimate of drug-likeness (QED) is 0.328. The molecular formula is C20H24IN. The van der Waals surface area contributed by atoms with Crippen molar-refractivity contribution in [3.8, 4) is 0 Å². The molecule has 0 aliphatic carbocycles. The first kappa shape index (κ1) is 15.9. The second-order valence-corrected chi connectivity index (χ2v) is 7.42. The van der Waals surface area contributed by atoms with Crippen molar-refractivity contribution in [1.29, 1.82) is 0 Å². The molecule has 0 saturated heterocycles. The number of para-hydroxylation sites is 1. The minimum absolute atomic E-state index is 1.19. The zero-order valence-electron chi connectivity index (χ0n) is 13.3. The van der Waals surface area contributed by atoms with E-state index < -0.39 is 0 Å². The molecule has 2 heteroatoms. The minimum atomic E-state index is 1.19. The standard InChI is InChI=1S/C20H24IN/c1-2-3-4-5-6-7-9-15-10-8-11-17-18-14-16(21)12-13-19(18)22-20(15)17/h8,10-14,22H,2-7,9H2,1H3. The Balaban J connectivity index is 1.77. The normalized spacial score (nSPS) is 11.5. The molecule has 0 aliphatic rings. The number of aromatic amines is 1. The van der Waals surface area contributed by atoms with E-state index in [9.17, 15) is 0 Å². The molecule has 2 aromatic carbocycles. The molecule has 0 radical (unpaired) electrons. The van der Waals surface area contributed by atoms with Crippen molar-refractivity contribution in [2.75, 3.05) is 0 Å². The Morgan fingerprint density at radius 2 is 1.73 bits per heavy atom. The van der Waals surface area contributed by atoms with Gasteiger partial charge in [0.05, 0.1) is 0 Å². The average Bonchev–Trinajstić information content (AvgIpc) is 2.89. The van der Waals surface area contributed by atoms with Crippen LogP contribution in [-0.4, -0.2) is 4.98 Å². The number of H-pyrrole nitrogens is 1. The molecule has 0 bridgehead atoms. The van der Waals surface area contributed by atoms with Gasteiger partial charge in [0, 0.05) is 25.4 Å². The third-order valence-corrected chi connectivity index (χ3v) is 5.15. The molecule has 0 atom stereocenters. The Morgan fingerprint density at radius 1 is 0.909 bits per heavy atom. The fourth-order valence-corrected chi connectivity index (χ4v) is 3.75. The second kappa shape index (κ2) is 7.49. The van der Waals surface area contributed by atoms with Gasteiger partial charge in [0.1, 0.15) is 0 Å². The van der Waals surface area contributed by atoms with E-state index in [4.69, 9.17) is 0 Å². The lowest BCUT2D eigenvalue weighted by Crippen LogP contribution is -1.88. The maximum atomic E-state index is 3.63. The van der Waals surface area contributed by atoms with Crippen LogP contribution >= 0.6 is 22.6 Å². The predicted octanol–water partition coefficient (Wildman–Crippen LogP) is 6.83. The molecule has 116 valence electrons. The Hall–Kier alpha value is -1.03. The van der Waals surface area contributed by atoms with Crippen molar-refractivity contribution in [2.24, 2.45) is 0 Å². The van der Waals surface area contributed by atoms with E-state index in [1.807, 2.05) is 0 Å². The first-order valence-electron chi connectivity index (χ1n) is 8.48. The number of hydrogen-bond acceptors (Lipinski definition) is 0. The van der Waals surface area contributed by atoms with Gasteiger partial charge in [0.25, 0.3) is 0 Å². The summed E-state index contributed by atoms with van der Waals surface area (Å²) in [7, 11) is 0. The lowest BCUT2D eigenvalue weighted by molar-refractivity contribution is 0.608. The molecule has 1 aromatic heterocycles. The lowest BCUT2D eigenvalue weighted by Gasteiger charge is -2.04. The highest BCUT2D eigenvalue weighted by Gasteiger charge is 2.08. The van der Waals surface area contributed by atoms with E-state index in [1.165, 1.54) is 75.9 Å². The molecule has 1 nitrogen and oxygen atoms in total. The number of aromatic nitrogens is 1. The summed E-state index contributed by atoms with van der Waals surface area (Å²) >= 11 is 2.39. The number of aryl methyl sites for hydroxylation is 1. The maximum absolute atomic E-state index is 3.63. The van der Waals surface area contributed by atoms with Crippen molar-refractivity contribution in [2.45, 2.75) is 51.9 Å². The van der Waals surface area contributed by atoms with E-state index in [0.29, 0.717) is 0 Å². The zero-order chi connectivity index (χ0) is 15.4. The average molecular weight is 405 g/mol. The summed E-state index contributed by atoms with van der Waals surface area (Å²) in [6.07, 6.45) is 9.33. The van der Waals surface area contributed by atoms with Crippen molar-refractivity contribution in [1.82, 2.24) is 4.98 Å². The summed E-state index contributed by atoms with van der Waals surface area (Å²) in [5.74, 6) is 0. The predicted molar refractivity (Wildman–Crippen MR) is 106 cm³/mol. The van der Waals surface area contributed by atoms with Crippen LogP contribution in [0.3, 0.4) is 0 Å². The van der Waals surface area contributed by atoms with Crippen LogP contribution in [0, 0.1) is 3.57 Å². The fraction of sp³-hybridized carbons (Fsp3) is 0.400. The van der Waals surface area contributed by atoms with E-state index in [-0.39, 0.29) is 0 Å². The highest BCUT2D eigenvalue weighted by Crippen LogP contribution is 2.29. The van der Waals surface area contributed by atoms with Crippen LogP contribution in [0.4, 0.5) is 0 Å². The van der Waals surface area contributed by atoms with Gasteiger partial charge in [-0.3, -0.25) is 0 Å². The summed E-state index contributed by atoms with van der Waals surface area (Å²) in [6.45, 7) is 2.28. The van der Waals surface area contributed by atoms with Gasteiger partial charge >= 0.3 is 0 Å². The molecule has 3 rings (SSSR count). The number of unbranched alkanes of at least 4 members (excludes halogenated alkanes) is 5. The first-order valence-corrected chi connectivity index (χ1v) is 9.56. The summed E-state index contributed by atoms with van der Waals surface area (Å²) in [5, 5.41) is 2.73. The number of fused-ring (bicyclic) bond motifs is 3. The van der Waals surface area contributed by atoms with Crippen LogP contribution < -0.4 is 0 Å². The van der Waals surface area contributed by atoms with Gasteiger partial charge < -0.3 is 4.98 Å². The van der Waals surface area contributed by atoms with Crippen molar-refractivity contribution < 1.29 is 0 Å². The Labute approximate surface area is 146 Å². The van der Waals surface area contributed by atoms with Crippen molar-refractivity contribution in [3.63, 3.8) is 0 Å². The van der Waals surface area contributed by atoms with Gasteiger partial charge in [0.15, 0.2) is 0 Å². The molecular weight excluding hydrogens is 381 g/mol. The third-order valence-electron chi connectivity index (χ3n) is 4.48. The van der Waals surface area contributed by atoms with E-state index in [0.717, 1.165) is 0 Å². The first-order chi connectivity index (χ1) is 10.8. The SMILES string of the molecule is CCCCCCCCc1cccc2c1[nH]c1ccc(I)cc12. The minimum Gasteiger partial charge on any atom is -0.354 e. The highest BCUT2D eigenvalue weighted by molar-refractivity contribution is 14.1. The maximum Gasteiger partial charge on any atom is 0.0497 e. The van der Waals surface area contributed by atoms with Crippen molar-refractivity contribution >= 4 is 44.4 Å². The number of halogens is 1. The van der Waals surface area contributed by atoms with Crippen LogP contribution in [0.1, 0.15) is 51.0 Å². The monoisotopic (exact) mass is 405 g/mol. The van der Waals surface area contributed by atoms with Crippen LogP contribution in [0.15, 0.2) is 36.4 Å². The summed E-state index contributed by atoms with van der Waals surface area (Å²) < 4.78 is 1.30. The number of hydrogen-bond donors (Lipinski definition) is 1. The van der Waals surface area contributed by atoms with Gasteiger partial charge in [-0.25, -0.2) is 0 Å². The summed E-state index contributed by atoms with van der Waals surface area (Å²) in [5.41, 5.74) is 4.07. The van der Waals surface area contributed by atoms with Crippen LogP contribution in [0.5, 0.6) is 0 Å². The number of nitrogens with one attached hydrogen (secondary N) is 1.